The zero-order valence-corrected chi connectivity index (χ0v) is 61.7. The van der Waals surface area contributed by atoms with E-state index < -0.39 is 0 Å². The van der Waals surface area contributed by atoms with E-state index in [0.717, 1.165) is 89.1 Å². The van der Waals surface area contributed by atoms with E-state index in [2.05, 4.69) is 396 Å². The predicted octanol–water partition coefficient (Wildman–Crippen LogP) is 27.0. The van der Waals surface area contributed by atoms with Gasteiger partial charge in [-0.3, -0.25) is 17.9 Å². The van der Waals surface area contributed by atoms with Crippen molar-refractivity contribution in [2.45, 2.75) is 19.3 Å². The Kier molecular flexibility index (Phi) is 13.4. The number of fused-ring (bicyclic) bond motifs is 27. The largest absolute Gasteiger partial charge is 0.279 e. The Morgan fingerprint density at radius 2 is 0.584 bits per heavy atom. The Bertz CT molecular complexity index is 8230. The molecule has 0 fully saturated rings. The molecule has 1 aliphatic rings. The van der Waals surface area contributed by atoms with Crippen molar-refractivity contribution >= 4 is 153 Å². The van der Waals surface area contributed by atoms with Crippen LogP contribution in [0, 0.1) is 0 Å². The van der Waals surface area contributed by atoms with Gasteiger partial charge in [0.15, 0.2) is 0 Å². The molecule has 526 valence electrons. The van der Waals surface area contributed by atoms with Gasteiger partial charge in [-0.05, 0) is 230 Å². The summed E-state index contributed by atoms with van der Waals surface area (Å²) in [5.41, 5.74) is 27.0. The molecule has 0 amide bonds. The van der Waals surface area contributed by atoms with Crippen LogP contribution in [0.15, 0.2) is 364 Å². The van der Waals surface area contributed by atoms with Crippen molar-refractivity contribution in [1.82, 2.24) is 37.9 Å². The van der Waals surface area contributed by atoms with Crippen LogP contribution in [0.5, 0.6) is 0 Å². The molecule has 24 aromatic rings. The van der Waals surface area contributed by atoms with Crippen LogP contribution in [0.25, 0.3) is 220 Å². The topological polar surface area (TPSA) is 70.2 Å². The first kappa shape index (κ1) is 63.1. The molecule has 6 aromatic heterocycles. The van der Waals surface area contributed by atoms with Gasteiger partial charge in [0, 0.05) is 37.7 Å². The van der Waals surface area contributed by atoms with Crippen molar-refractivity contribution < 1.29 is 0 Å². The molecule has 0 spiro atoms. The summed E-state index contributed by atoms with van der Waals surface area (Å²) in [6.45, 7) is 4.76. The highest BCUT2D eigenvalue weighted by atomic mass is 15.2. The Balaban J connectivity index is 0.000000131. The van der Waals surface area contributed by atoms with Crippen LogP contribution >= 0.6 is 0 Å². The fourth-order valence-electron chi connectivity index (χ4n) is 18.9. The van der Waals surface area contributed by atoms with Gasteiger partial charge in [0.05, 0.1) is 55.2 Å². The molecule has 113 heavy (non-hydrogen) atoms. The maximum absolute atomic E-state index is 5.43. The van der Waals surface area contributed by atoms with Gasteiger partial charge in [-0.2, -0.15) is 0 Å². The lowest BCUT2D eigenvalue weighted by Gasteiger charge is -2.22. The number of rotatable bonds is 6. The summed E-state index contributed by atoms with van der Waals surface area (Å²) in [4.78, 5) is 21.1. The van der Waals surface area contributed by atoms with E-state index in [4.69, 9.17) is 19.9 Å². The minimum Gasteiger partial charge on any atom is -0.279 e. The lowest BCUT2D eigenvalue weighted by atomic mass is 9.80. The van der Waals surface area contributed by atoms with Gasteiger partial charge in [-0.15, -0.1) is 0 Å². The van der Waals surface area contributed by atoms with Crippen LogP contribution in [-0.2, 0) is 5.41 Å². The zero-order valence-electron chi connectivity index (χ0n) is 61.7. The van der Waals surface area contributed by atoms with Gasteiger partial charge in [-0.25, -0.2) is 19.9 Å². The molecule has 25 rings (SSSR count). The van der Waals surface area contributed by atoms with Crippen LogP contribution in [-0.4, -0.2) is 37.9 Å². The van der Waals surface area contributed by atoms with Gasteiger partial charge in [0.2, 0.25) is 11.9 Å². The molecule has 0 radical (unpaired) electrons. The highest BCUT2D eigenvalue weighted by Crippen LogP contribution is 2.52. The highest BCUT2D eigenvalue weighted by Gasteiger charge is 2.36. The number of aromatic nitrogens is 8. The molecule has 0 bridgehead atoms. The van der Waals surface area contributed by atoms with Gasteiger partial charge in [0.1, 0.15) is 11.3 Å². The molecule has 0 aliphatic heterocycles. The first-order valence-corrected chi connectivity index (χ1v) is 38.8. The second-order valence-electron chi connectivity index (χ2n) is 30.8. The summed E-state index contributed by atoms with van der Waals surface area (Å²) in [5.74, 6) is 1.66. The van der Waals surface area contributed by atoms with E-state index in [9.17, 15) is 0 Å². The quantitative estimate of drug-likeness (QED) is 0.156. The fraction of sp³-hybridized carbons (Fsp3) is 0.0286. The molecular weight excluding hydrogens is 1370 g/mol. The Morgan fingerprint density at radius 1 is 0.212 bits per heavy atom. The lowest BCUT2D eigenvalue weighted by molar-refractivity contribution is 0.661. The number of nitrogens with zero attached hydrogens (tertiary/aromatic N) is 8. The molecule has 1 aliphatic carbocycles. The van der Waals surface area contributed by atoms with E-state index in [0.29, 0.717) is 0 Å². The second-order valence-corrected chi connectivity index (χ2v) is 30.8. The van der Waals surface area contributed by atoms with Crippen LogP contribution in [0.4, 0.5) is 0 Å². The maximum atomic E-state index is 5.43. The molecule has 0 saturated heterocycles. The molecule has 0 unspecified atom stereocenters. The Morgan fingerprint density at radius 3 is 1.13 bits per heavy atom. The number of imidazole rings is 2. The number of benzene rings is 18. The van der Waals surface area contributed by atoms with Crippen molar-refractivity contribution in [2.24, 2.45) is 0 Å². The maximum Gasteiger partial charge on any atom is 0.221 e. The van der Waals surface area contributed by atoms with E-state index in [1.54, 1.807) is 0 Å². The number of hydrogen-bond donors (Lipinski definition) is 0. The van der Waals surface area contributed by atoms with Crippen LogP contribution < -0.4 is 0 Å². The van der Waals surface area contributed by atoms with Crippen molar-refractivity contribution in [1.29, 1.82) is 0 Å². The first-order valence-electron chi connectivity index (χ1n) is 38.8. The SMILES string of the molecule is CC1(C)c2cc(-c3ccc4ccccc4c3)ccc2-c2ccc(-c3ccc4c(c3)c3c5ccccc5ccc3n4-c3nc4ccccc4c4nc5ccccc5n34)cc21.c1ccc2c(c1)cc(-c1ccc(-c3ccc4c(c3)c3c5ccccc5ccc3n4-c3nc4ccccc4c4nc5ccccc5n34)cc1)c1ccccc12. The molecule has 6 heterocycles. The number of para-hydroxylation sites is 6. The average molecular weight is 1440 g/mol. The fourth-order valence-corrected chi connectivity index (χ4v) is 18.9. The van der Waals surface area contributed by atoms with Crippen molar-refractivity contribution in [3.8, 4) is 67.5 Å². The summed E-state index contributed by atoms with van der Waals surface area (Å²) < 4.78 is 9.16. The van der Waals surface area contributed by atoms with E-state index >= 15 is 0 Å². The highest BCUT2D eigenvalue weighted by molar-refractivity contribution is 6.24. The second kappa shape index (κ2) is 24.1. The molecule has 0 saturated carbocycles. The zero-order chi connectivity index (χ0) is 74.3. The average Bonchev–Trinajstić information content (AvgIpc) is 1.56. The smallest absolute Gasteiger partial charge is 0.221 e. The molecular formula is C105H66N8. The summed E-state index contributed by atoms with van der Waals surface area (Å²) in [6, 6.07) is 132. The Hall–Kier alpha value is -14.9. The van der Waals surface area contributed by atoms with Crippen molar-refractivity contribution in [2.75, 3.05) is 0 Å². The van der Waals surface area contributed by atoms with Crippen molar-refractivity contribution in [3.05, 3.63) is 375 Å². The molecule has 8 heteroatoms. The molecule has 0 N–H and O–H groups in total. The molecule has 8 nitrogen and oxygen atoms in total. The summed E-state index contributed by atoms with van der Waals surface area (Å²) in [5, 5.41) is 19.4. The molecule has 0 atom stereocenters. The van der Waals surface area contributed by atoms with Crippen LogP contribution in [0.1, 0.15) is 25.0 Å². The normalized spacial score (nSPS) is 12.8. The third kappa shape index (κ3) is 9.44. The molecule has 18 aromatic carbocycles. The predicted molar refractivity (Wildman–Crippen MR) is 472 cm³/mol. The summed E-state index contributed by atoms with van der Waals surface area (Å²) in [7, 11) is 0. The lowest BCUT2D eigenvalue weighted by Crippen LogP contribution is -2.15. The third-order valence-corrected chi connectivity index (χ3v) is 24.4. The monoisotopic (exact) mass is 1440 g/mol. The third-order valence-electron chi connectivity index (χ3n) is 24.4. The van der Waals surface area contributed by atoms with Crippen molar-refractivity contribution in [3.63, 3.8) is 0 Å². The van der Waals surface area contributed by atoms with E-state index in [-0.39, 0.29) is 5.41 Å². The van der Waals surface area contributed by atoms with Crippen LogP contribution in [0.3, 0.4) is 0 Å². The minimum absolute atomic E-state index is 0.162. The Labute approximate surface area is 648 Å². The first-order chi connectivity index (χ1) is 55.8. The van der Waals surface area contributed by atoms with Gasteiger partial charge in [0.25, 0.3) is 0 Å². The number of hydrogen-bond acceptors (Lipinski definition) is 4. The van der Waals surface area contributed by atoms with Gasteiger partial charge >= 0.3 is 0 Å². The summed E-state index contributed by atoms with van der Waals surface area (Å²) in [6.07, 6.45) is 0. The van der Waals surface area contributed by atoms with E-state index in [1.807, 2.05) is 0 Å². The standard InChI is InChI=1S/C55H36N4.C50H30N4/c1-55(2)45-31-38(36-20-19-33-11-3-4-13-35(33)29-36)21-25-41(45)42-26-22-39(32-46(42)55)37-24-27-49-44(30-37)52-40-14-6-5-12-34(40)23-28-51(52)58(49)54-57-47-16-8-7-15-43(47)53-56-48-17-9-10-18-50(48)59(53)54;1-4-14-37-32(11-1)25-28-47-48(37)42-29-34(31-21-23-33(24-22-31)41-30-35-12-2-3-13-36(35)38-15-5-6-16-39(38)41)26-27-45(42)53(47)50-52-43-18-8-7-17-40(43)49-51-44-19-9-10-20-46(44)54(49)50/h3-32H,1-2H3;1-30H. The van der Waals surface area contributed by atoms with Gasteiger partial charge < -0.3 is 0 Å². The van der Waals surface area contributed by atoms with E-state index in [1.165, 1.54) is 142 Å². The minimum atomic E-state index is -0.162. The van der Waals surface area contributed by atoms with Crippen LogP contribution in [0.2, 0.25) is 0 Å². The summed E-state index contributed by atoms with van der Waals surface area (Å²) >= 11 is 0. The van der Waals surface area contributed by atoms with Gasteiger partial charge in [-0.1, -0.05) is 269 Å².